The minimum Gasteiger partial charge on any atom is -0.496 e. The van der Waals surface area contributed by atoms with Gasteiger partial charge in [-0.05, 0) is 42.1 Å². The molecule has 0 spiro atoms. The number of ether oxygens (including phenoxy) is 2. The molecule has 0 radical (unpaired) electrons. The summed E-state index contributed by atoms with van der Waals surface area (Å²) >= 11 is 0.800. The van der Waals surface area contributed by atoms with Gasteiger partial charge in [-0.25, -0.2) is 22.9 Å². The van der Waals surface area contributed by atoms with Gasteiger partial charge >= 0.3 is 5.97 Å². The summed E-state index contributed by atoms with van der Waals surface area (Å²) in [5.74, 6) is -6.33. The van der Waals surface area contributed by atoms with Crippen LogP contribution in [0.4, 0.5) is 18.9 Å². The minimum atomic E-state index is -1.34. The predicted octanol–water partition coefficient (Wildman–Crippen LogP) is 4.74. The summed E-state index contributed by atoms with van der Waals surface area (Å²) in [6.45, 7) is 1.41. The fourth-order valence-corrected chi connectivity index (χ4v) is 4.63. The molecule has 1 unspecified atom stereocenters. The number of amides is 2. The number of hydrogen-bond acceptors (Lipinski definition) is 6. The van der Waals surface area contributed by atoms with Crippen LogP contribution in [0.1, 0.15) is 44.2 Å². The highest BCUT2D eigenvalue weighted by molar-refractivity contribution is 7.12. The number of hydrogen-bond donors (Lipinski definition) is 1. The van der Waals surface area contributed by atoms with E-state index in [0.717, 1.165) is 29.5 Å². The van der Waals surface area contributed by atoms with Gasteiger partial charge in [0.25, 0.3) is 5.91 Å². The second-order valence-corrected chi connectivity index (χ2v) is 8.21. The van der Waals surface area contributed by atoms with Crippen LogP contribution in [0.5, 0.6) is 11.5 Å². The van der Waals surface area contributed by atoms with Gasteiger partial charge < -0.3 is 14.6 Å². The van der Waals surface area contributed by atoms with Gasteiger partial charge in [0.15, 0.2) is 11.6 Å². The van der Waals surface area contributed by atoms with Crippen LogP contribution >= 0.6 is 11.3 Å². The number of anilines is 1. The topological polar surface area (TPSA) is 93.1 Å². The highest BCUT2D eigenvalue weighted by Gasteiger charge is 2.38. The van der Waals surface area contributed by atoms with Crippen molar-refractivity contribution in [3.8, 4) is 11.5 Å². The maximum atomic E-state index is 14.7. The van der Waals surface area contributed by atoms with Crippen molar-refractivity contribution in [2.24, 2.45) is 0 Å². The molecule has 1 aliphatic heterocycles. The average Bonchev–Trinajstić information content (AvgIpc) is 3.21. The number of nitrogens with zero attached hydrogens (tertiary/aromatic N) is 1. The zero-order chi connectivity index (χ0) is 24.7. The molecule has 4 rings (SSSR count). The summed E-state index contributed by atoms with van der Waals surface area (Å²) in [5.41, 5.74) is -0.599. The largest absolute Gasteiger partial charge is 0.496 e. The van der Waals surface area contributed by atoms with Crippen LogP contribution in [0.15, 0.2) is 35.7 Å². The summed E-state index contributed by atoms with van der Waals surface area (Å²) in [7, 11) is 1.27. The van der Waals surface area contributed by atoms with Crippen LogP contribution in [0.25, 0.3) is 0 Å². The summed E-state index contributed by atoms with van der Waals surface area (Å²) in [5, 5.41) is 10.8. The summed E-state index contributed by atoms with van der Waals surface area (Å²) in [6.07, 6.45) is -1.39. The number of fused-ring (bicyclic) bond motifs is 1. The molecular weight excluding hydrogens is 475 g/mol. The van der Waals surface area contributed by atoms with Crippen LogP contribution in [0.2, 0.25) is 0 Å². The number of carboxylic acid groups (broad SMARTS) is 1. The Labute approximate surface area is 194 Å². The number of methoxy groups -OCH3 is 1. The third kappa shape index (κ3) is 3.87. The molecule has 0 saturated heterocycles. The lowest BCUT2D eigenvalue weighted by molar-refractivity contribution is -0.117. The fraction of sp³-hybridized carbons (Fsp3) is 0.174. The van der Waals surface area contributed by atoms with Gasteiger partial charge in [0.2, 0.25) is 5.91 Å². The molecule has 2 heterocycles. The number of thiophene rings is 1. The highest BCUT2D eigenvalue weighted by Crippen LogP contribution is 2.37. The van der Waals surface area contributed by atoms with Gasteiger partial charge in [0.05, 0.1) is 30.3 Å². The number of benzene rings is 2. The van der Waals surface area contributed by atoms with Crippen molar-refractivity contribution in [3.63, 3.8) is 0 Å². The molecule has 0 saturated carbocycles. The molecule has 11 heteroatoms. The lowest BCUT2D eigenvalue weighted by Crippen LogP contribution is -2.43. The first kappa shape index (κ1) is 23.3. The highest BCUT2D eigenvalue weighted by atomic mass is 32.1. The van der Waals surface area contributed by atoms with Crippen LogP contribution in [0.3, 0.4) is 0 Å². The maximum absolute atomic E-state index is 14.7. The van der Waals surface area contributed by atoms with Crippen LogP contribution < -0.4 is 14.4 Å². The van der Waals surface area contributed by atoms with Gasteiger partial charge in [0, 0.05) is 6.07 Å². The van der Waals surface area contributed by atoms with E-state index in [1.54, 1.807) is 0 Å². The molecule has 0 aliphatic carbocycles. The smallest absolute Gasteiger partial charge is 0.346 e. The van der Waals surface area contributed by atoms with E-state index in [4.69, 9.17) is 9.47 Å². The SMILES string of the molecule is COc1ccc(F)c(F)c1C(C)Oc1ccc(F)c(N2C(=O)Cc3csc(C(=O)O)c3C2=O)c1. The number of carbonyl (C=O) groups is 3. The molecule has 0 fully saturated rings. The van der Waals surface area contributed by atoms with Crippen molar-refractivity contribution in [2.75, 3.05) is 12.0 Å². The fourth-order valence-electron chi connectivity index (χ4n) is 3.73. The van der Waals surface area contributed by atoms with Gasteiger partial charge in [0.1, 0.15) is 28.3 Å². The molecule has 2 aromatic carbocycles. The first-order valence-corrected chi connectivity index (χ1v) is 10.7. The van der Waals surface area contributed by atoms with Crippen molar-refractivity contribution in [1.82, 2.24) is 0 Å². The molecule has 1 N–H and O–H groups in total. The Balaban J connectivity index is 1.70. The molecule has 1 aliphatic rings. The molecule has 0 bridgehead atoms. The van der Waals surface area contributed by atoms with Gasteiger partial charge in [-0.15, -0.1) is 11.3 Å². The summed E-state index contributed by atoms with van der Waals surface area (Å²) < 4.78 is 53.6. The molecule has 176 valence electrons. The number of aromatic carboxylic acids is 1. The van der Waals surface area contributed by atoms with Gasteiger partial charge in [-0.3, -0.25) is 9.59 Å². The Morgan fingerprint density at radius 1 is 1.15 bits per heavy atom. The Morgan fingerprint density at radius 2 is 1.85 bits per heavy atom. The Morgan fingerprint density at radius 3 is 2.53 bits per heavy atom. The first-order chi connectivity index (χ1) is 16.1. The zero-order valence-corrected chi connectivity index (χ0v) is 18.5. The molecule has 1 atom stereocenters. The molecule has 2 amide bonds. The standard InChI is InChI=1S/C23H16F3NO6S/c1-10(18-16(32-2)6-5-14(25)20(18)26)33-12-3-4-13(24)15(8-12)27-17(28)7-11-9-34-21(23(30)31)19(11)22(27)29/h3-6,8-10H,7H2,1-2H3,(H,30,31). The zero-order valence-electron chi connectivity index (χ0n) is 17.7. The average molecular weight is 491 g/mol. The molecular formula is C23H16F3NO6S. The molecule has 1 aromatic heterocycles. The third-order valence-corrected chi connectivity index (χ3v) is 6.28. The number of carboxylic acids is 1. The summed E-state index contributed by atoms with van der Waals surface area (Å²) in [6, 6.07) is 5.32. The van der Waals surface area contributed by atoms with Crippen molar-refractivity contribution in [1.29, 1.82) is 0 Å². The number of carbonyl (C=O) groups excluding carboxylic acids is 2. The van der Waals surface area contributed by atoms with Gasteiger partial charge in [-0.2, -0.15) is 0 Å². The first-order valence-electron chi connectivity index (χ1n) is 9.83. The third-order valence-electron chi connectivity index (χ3n) is 5.26. The van der Waals surface area contributed by atoms with Gasteiger partial charge in [-0.1, -0.05) is 0 Å². The van der Waals surface area contributed by atoms with Crippen LogP contribution in [-0.4, -0.2) is 30.0 Å². The van der Waals surface area contributed by atoms with Crippen molar-refractivity contribution >= 4 is 34.8 Å². The monoisotopic (exact) mass is 491 g/mol. The quantitative estimate of drug-likeness (QED) is 0.501. The Hall–Kier alpha value is -3.86. The van der Waals surface area contributed by atoms with E-state index in [9.17, 15) is 32.7 Å². The minimum absolute atomic E-state index is 0.0290. The second-order valence-electron chi connectivity index (χ2n) is 7.33. The van der Waals surface area contributed by atoms with E-state index in [1.807, 2.05) is 0 Å². The lowest BCUT2D eigenvalue weighted by atomic mass is 10.0. The van der Waals surface area contributed by atoms with E-state index in [0.29, 0.717) is 4.90 Å². The summed E-state index contributed by atoms with van der Waals surface area (Å²) in [4.78, 5) is 37.5. The maximum Gasteiger partial charge on any atom is 0.346 e. The Kier molecular flexibility index (Phi) is 6.05. The van der Waals surface area contributed by atoms with Crippen LogP contribution in [-0.2, 0) is 11.2 Å². The normalized spacial score (nSPS) is 14.1. The Bertz CT molecular complexity index is 1340. The van der Waals surface area contributed by atoms with Crippen LogP contribution in [0, 0.1) is 17.5 Å². The molecule has 34 heavy (non-hydrogen) atoms. The molecule has 3 aromatic rings. The van der Waals surface area contributed by atoms with E-state index in [1.165, 1.54) is 31.5 Å². The number of rotatable bonds is 6. The second kappa shape index (κ2) is 8.82. The van der Waals surface area contributed by atoms with Crippen molar-refractivity contribution in [3.05, 3.63) is 74.7 Å². The van der Waals surface area contributed by atoms with E-state index < -0.39 is 47.0 Å². The predicted molar refractivity (Wildman–Crippen MR) is 115 cm³/mol. The van der Waals surface area contributed by atoms with E-state index in [-0.39, 0.29) is 39.5 Å². The lowest BCUT2D eigenvalue weighted by Gasteiger charge is -2.26. The van der Waals surface area contributed by atoms with E-state index in [2.05, 4.69) is 0 Å². The number of halogens is 3. The van der Waals surface area contributed by atoms with E-state index >= 15 is 0 Å². The van der Waals surface area contributed by atoms with Crippen molar-refractivity contribution in [2.45, 2.75) is 19.4 Å². The van der Waals surface area contributed by atoms with Crippen molar-refractivity contribution < 1.29 is 42.1 Å². The number of imide groups is 1. The molecule has 7 nitrogen and oxygen atoms in total.